The van der Waals surface area contributed by atoms with Gasteiger partial charge in [0.15, 0.2) is 0 Å². The molecule has 0 aliphatic carbocycles. The number of rotatable bonds is 1. The molecule has 3 rings (SSSR count). The smallest absolute Gasteiger partial charge is 0.255 e. The molecule has 1 spiro atoms. The Balaban J connectivity index is 0.00000121. The Hall–Kier alpha value is -0.910. The molecule has 0 saturated carbocycles. The van der Waals surface area contributed by atoms with Crippen LogP contribution in [0.2, 0.25) is 0 Å². The summed E-state index contributed by atoms with van der Waals surface area (Å²) in [4.78, 5) is 17.9. The third-order valence-electron chi connectivity index (χ3n) is 4.73. The van der Waals surface area contributed by atoms with E-state index in [4.69, 9.17) is 0 Å². The summed E-state index contributed by atoms with van der Waals surface area (Å²) in [6.45, 7) is 3.72. The molecule has 0 bridgehead atoms. The fraction of sp³-hybridized carbons (Fsp3) is 0.600. The molecule has 0 unspecified atom stereocenters. The van der Waals surface area contributed by atoms with Crippen LogP contribution in [0.5, 0.6) is 0 Å². The molecule has 1 N–H and O–H groups in total. The van der Waals surface area contributed by atoms with Gasteiger partial charge in [0.05, 0.1) is 11.8 Å². The van der Waals surface area contributed by atoms with E-state index < -0.39 is 5.82 Å². The molecule has 0 aromatic carbocycles. The number of hydrogen-bond donors (Lipinski definition) is 1. The molecular formula is C15H22Cl2FN3O. The van der Waals surface area contributed by atoms with Crippen LogP contribution in [0.15, 0.2) is 18.5 Å². The first-order valence-corrected chi connectivity index (χ1v) is 7.29. The number of nitrogens with one attached hydrogen (secondary N) is 1. The number of pyridine rings is 1. The van der Waals surface area contributed by atoms with Crippen LogP contribution in [0.1, 0.15) is 36.0 Å². The van der Waals surface area contributed by atoms with E-state index in [9.17, 15) is 9.18 Å². The van der Waals surface area contributed by atoms with Crippen molar-refractivity contribution in [1.29, 1.82) is 0 Å². The average molecular weight is 350 g/mol. The number of nitrogens with zero attached hydrogens (tertiary/aromatic N) is 2. The normalized spacial score (nSPS) is 20.0. The Morgan fingerprint density at radius 1 is 1.14 bits per heavy atom. The number of piperidine rings is 2. The van der Waals surface area contributed by atoms with Crippen LogP contribution >= 0.6 is 24.8 Å². The second kappa shape index (κ2) is 8.09. The Kier molecular flexibility index (Phi) is 7.03. The van der Waals surface area contributed by atoms with Crippen LogP contribution in [-0.2, 0) is 0 Å². The maximum atomic E-state index is 13.1. The molecule has 22 heavy (non-hydrogen) atoms. The van der Waals surface area contributed by atoms with E-state index in [1.807, 2.05) is 4.90 Å². The lowest BCUT2D eigenvalue weighted by Gasteiger charge is -2.44. The van der Waals surface area contributed by atoms with Gasteiger partial charge in [0.1, 0.15) is 5.82 Å². The van der Waals surface area contributed by atoms with Gasteiger partial charge < -0.3 is 10.2 Å². The maximum absolute atomic E-state index is 13.1. The second-order valence-electron chi connectivity index (χ2n) is 5.93. The molecule has 3 heterocycles. The molecule has 2 aliphatic rings. The first kappa shape index (κ1) is 19.1. The Bertz CT molecular complexity index is 499. The molecule has 2 fully saturated rings. The third-order valence-corrected chi connectivity index (χ3v) is 4.73. The van der Waals surface area contributed by atoms with E-state index >= 15 is 0 Å². The molecule has 1 aromatic rings. The van der Waals surface area contributed by atoms with Gasteiger partial charge in [-0.15, -0.1) is 24.8 Å². The topological polar surface area (TPSA) is 45.2 Å². The van der Waals surface area contributed by atoms with Gasteiger partial charge in [0.25, 0.3) is 5.91 Å². The van der Waals surface area contributed by atoms with Gasteiger partial charge >= 0.3 is 0 Å². The predicted octanol–water partition coefficient (Wildman–Crippen LogP) is 2.67. The SMILES string of the molecule is Cl.Cl.O=C(c1cncc(F)c1)N1CCC2(CCNCC2)CC1. The number of carbonyl (C=O) groups excluding carboxylic acids is 1. The summed E-state index contributed by atoms with van der Waals surface area (Å²) in [5.41, 5.74) is 0.772. The summed E-state index contributed by atoms with van der Waals surface area (Å²) in [5, 5.41) is 3.39. The Morgan fingerprint density at radius 3 is 2.36 bits per heavy atom. The van der Waals surface area contributed by atoms with Crippen molar-refractivity contribution in [3.05, 3.63) is 29.8 Å². The number of amides is 1. The highest BCUT2D eigenvalue weighted by Gasteiger charge is 2.36. The van der Waals surface area contributed by atoms with E-state index in [0.29, 0.717) is 11.0 Å². The van der Waals surface area contributed by atoms with E-state index in [0.717, 1.165) is 45.2 Å². The molecule has 1 aromatic heterocycles. The van der Waals surface area contributed by atoms with Crippen LogP contribution in [0.4, 0.5) is 4.39 Å². The molecular weight excluding hydrogens is 328 g/mol. The maximum Gasteiger partial charge on any atom is 0.255 e. The summed E-state index contributed by atoms with van der Waals surface area (Å²) in [5.74, 6) is -0.552. The third kappa shape index (κ3) is 4.09. The number of aromatic nitrogens is 1. The van der Waals surface area contributed by atoms with Gasteiger partial charge in [-0.25, -0.2) is 4.39 Å². The van der Waals surface area contributed by atoms with Crippen molar-refractivity contribution in [1.82, 2.24) is 15.2 Å². The summed E-state index contributed by atoms with van der Waals surface area (Å²) in [6.07, 6.45) is 7.09. The lowest BCUT2D eigenvalue weighted by Crippen LogP contribution is -2.47. The van der Waals surface area contributed by atoms with Gasteiger partial charge in [-0.05, 0) is 50.3 Å². The summed E-state index contributed by atoms with van der Waals surface area (Å²) >= 11 is 0. The molecule has 0 radical (unpaired) electrons. The number of carbonyl (C=O) groups is 1. The Labute approximate surface area is 142 Å². The van der Waals surface area contributed by atoms with Crippen LogP contribution in [0, 0.1) is 11.2 Å². The summed E-state index contributed by atoms with van der Waals surface area (Å²) < 4.78 is 13.1. The standard InChI is InChI=1S/C15H20FN3O.2ClH/c16-13-9-12(10-18-11-13)14(20)19-7-3-15(4-8-19)1-5-17-6-2-15;;/h9-11,17H,1-8H2;2*1H. The van der Waals surface area contributed by atoms with Gasteiger partial charge in [0, 0.05) is 19.3 Å². The molecule has 124 valence electrons. The molecule has 7 heteroatoms. The van der Waals surface area contributed by atoms with E-state index in [1.165, 1.54) is 25.1 Å². The monoisotopic (exact) mass is 349 g/mol. The molecule has 0 atom stereocenters. The highest BCUT2D eigenvalue weighted by Crippen LogP contribution is 2.39. The van der Waals surface area contributed by atoms with Gasteiger partial charge in [-0.2, -0.15) is 0 Å². The highest BCUT2D eigenvalue weighted by molar-refractivity contribution is 5.94. The first-order valence-electron chi connectivity index (χ1n) is 7.29. The first-order chi connectivity index (χ1) is 9.69. The largest absolute Gasteiger partial charge is 0.339 e. The van der Waals surface area contributed by atoms with Crippen LogP contribution in [0.25, 0.3) is 0 Å². The number of likely N-dealkylation sites (tertiary alicyclic amines) is 1. The van der Waals surface area contributed by atoms with Crippen molar-refractivity contribution in [2.45, 2.75) is 25.7 Å². The minimum atomic E-state index is -0.456. The zero-order valence-corrected chi connectivity index (χ0v) is 14.0. The number of halogens is 3. The van der Waals surface area contributed by atoms with Crippen LogP contribution < -0.4 is 5.32 Å². The summed E-state index contributed by atoms with van der Waals surface area (Å²) in [6, 6.07) is 1.27. The van der Waals surface area contributed by atoms with Crippen molar-refractivity contribution in [3.8, 4) is 0 Å². The fourth-order valence-electron chi connectivity index (χ4n) is 3.35. The molecule has 2 aliphatic heterocycles. The lowest BCUT2D eigenvalue weighted by molar-refractivity contribution is 0.0495. The van der Waals surface area contributed by atoms with Gasteiger partial charge in [-0.1, -0.05) is 0 Å². The van der Waals surface area contributed by atoms with Gasteiger partial charge in [-0.3, -0.25) is 9.78 Å². The van der Waals surface area contributed by atoms with Crippen molar-refractivity contribution < 1.29 is 9.18 Å². The van der Waals surface area contributed by atoms with E-state index in [-0.39, 0.29) is 30.7 Å². The Morgan fingerprint density at radius 2 is 1.77 bits per heavy atom. The van der Waals surface area contributed by atoms with Crippen LogP contribution in [-0.4, -0.2) is 42.0 Å². The van der Waals surface area contributed by atoms with Crippen molar-refractivity contribution >= 4 is 30.7 Å². The van der Waals surface area contributed by atoms with Crippen molar-refractivity contribution in [3.63, 3.8) is 0 Å². The lowest BCUT2D eigenvalue weighted by atomic mass is 9.71. The van der Waals surface area contributed by atoms with E-state index in [1.54, 1.807) is 0 Å². The average Bonchev–Trinajstić information content (AvgIpc) is 2.48. The highest BCUT2D eigenvalue weighted by atomic mass is 35.5. The predicted molar refractivity (Wildman–Crippen MR) is 88.4 cm³/mol. The van der Waals surface area contributed by atoms with Crippen LogP contribution in [0.3, 0.4) is 0 Å². The molecule has 1 amide bonds. The van der Waals surface area contributed by atoms with Gasteiger partial charge in [0.2, 0.25) is 0 Å². The quantitative estimate of drug-likeness (QED) is 0.847. The summed E-state index contributed by atoms with van der Waals surface area (Å²) in [7, 11) is 0. The zero-order valence-electron chi connectivity index (χ0n) is 12.4. The fourth-order valence-corrected chi connectivity index (χ4v) is 3.35. The second-order valence-corrected chi connectivity index (χ2v) is 5.93. The minimum absolute atomic E-state index is 0. The molecule has 2 saturated heterocycles. The minimum Gasteiger partial charge on any atom is -0.339 e. The van der Waals surface area contributed by atoms with E-state index in [2.05, 4.69) is 10.3 Å². The van der Waals surface area contributed by atoms with Crippen molar-refractivity contribution in [2.24, 2.45) is 5.41 Å². The van der Waals surface area contributed by atoms with Crippen molar-refractivity contribution in [2.75, 3.05) is 26.2 Å². The number of hydrogen-bond acceptors (Lipinski definition) is 3. The zero-order chi connectivity index (χ0) is 14.0. The molecule has 4 nitrogen and oxygen atoms in total.